The second kappa shape index (κ2) is 6.14. The minimum Gasteiger partial charge on any atom is -0.362 e. The molecule has 1 heterocycles. The van der Waals surface area contributed by atoms with Gasteiger partial charge >= 0.3 is 0 Å². The van der Waals surface area contributed by atoms with E-state index < -0.39 is 0 Å². The normalized spacial score (nSPS) is 19.5. The van der Waals surface area contributed by atoms with E-state index in [2.05, 4.69) is 64.4 Å². The molecule has 0 spiro atoms. The van der Waals surface area contributed by atoms with E-state index in [1.807, 2.05) is 12.1 Å². The van der Waals surface area contributed by atoms with Gasteiger partial charge in [-0.1, -0.05) is 42.5 Å². The lowest BCUT2D eigenvalue weighted by Gasteiger charge is -2.16. The van der Waals surface area contributed by atoms with Gasteiger partial charge < -0.3 is 9.88 Å². The summed E-state index contributed by atoms with van der Waals surface area (Å²) in [6, 6.07) is 16.6. The maximum absolute atomic E-state index is 7.13. The Balaban J connectivity index is 1.42. The molecule has 0 radical (unpaired) electrons. The van der Waals surface area contributed by atoms with Crippen LogP contribution in [-0.4, -0.2) is 23.5 Å². The number of nitrogens with zero attached hydrogens (tertiary/aromatic N) is 2. The third-order valence-electron chi connectivity index (χ3n) is 4.99. The molecule has 2 aromatic carbocycles. The predicted molar refractivity (Wildman–Crippen MR) is 98.2 cm³/mol. The summed E-state index contributed by atoms with van der Waals surface area (Å²) in [6.07, 6.45) is 3.40. The van der Waals surface area contributed by atoms with Crippen molar-refractivity contribution in [3.63, 3.8) is 0 Å². The van der Waals surface area contributed by atoms with E-state index >= 15 is 0 Å². The standard InChI is InChI=1S/C21H21N3/c1-22-17-8-9-18-20(12-23-21(18)11-17)19-10-16(19)14-24(2)13-15-6-4-3-5-7-15/h3-9,11-12,16,19,23H,10,13-14H2,2H3/t16-,19+/m1/s1. The third kappa shape index (κ3) is 2.93. The van der Waals surface area contributed by atoms with Crippen molar-refractivity contribution in [2.45, 2.75) is 18.9 Å². The molecule has 1 fully saturated rings. The van der Waals surface area contributed by atoms with Crippen molar-refractivity contribution in [3.8, 4) is 0 Å². The summed E-state index contributed by atoms with van der Waals surface area (Å²) in [7, 11) is 2.21. The SMILES string of the molecule is [C-]#[N+]c1ccc2c([C@H]3C[C@@H]3CN(C)Cc3ccccc3)c[nH]c2c1. The summed E-state index contributed by atoms with van der Waals surface area (Å²) in [5, 5.41) is 1.28. The zero-order valence-electron chi connectivity index (χ0n) is 13.9. The molecule has 3 aromatic rings. The number of hydrogen-bond donors (Lipinski definition) is 1. The first kappa shape index (κ1) is 15.0. The molecule has 3 heteroatoms. The number of aromatic amines is 1. The summed E-state index contributed by atoms with van der Waals surface area (Å²) >= 11 is 0. The smallest absolute Gasteiger partial charge is 0.189 e. The van der Waals surface area contributed by atoms with Crippen molar-refractivity contribution in [3.05, 3.63) is 77.3 Å². The van der Waals surface area contributed by atoms with Crippen molar-refractivity contribution >= 4 is 16.6 Å². The zero-order chi connectivity index (χ0) is 16.5. The molecule has 1 N–H and O–H groups in total. The molecule has 0 bridgehead atoms. The molecule has 1 saturated carbocycles. The van der Waals surface area contributed by atoms with Crippen LogP contribution < -0.4 is 0 Å². The van der Waals surface area contributed by atoms with Gasteiger partial charge in [-0.15, -0.1) is 0 Å². The molecule has 0 amide bonds. The van der Waals surface area contributed by atoms with Crippen molar-refractivity contribution in [2.75, 3.05) is 13.6 Å². The Morgan fingerprint density at radius 1 is 1.21 bits per heavy atom. The number of nitrogens with one attached hydrogen (secondary N) is 1. The highest BCUT2D eigenvalue weighted by molar-refractivity contribution is 5.87. The van der Waals surface area contributed by atoms with Crippen LogP contribution in [0.3, 0.4) is 0 Å². The quantitative estimate of drug-likeness (QED) is 0.661. The maximum Gasteiger partial charge on any atom is 0.189 e. The molecule has 3 nitrogen and oxygen atoms in total. The molecule has 1 aliphatic carbocycles. The first-order valence-electron chi connectivity index (χ1n) is 8.45. The second-order valence-corrected chi connectivity index (χ2v) is 6.87. The predicted octanol–water partition coefficient (Wildman–Crippen LogP) is 4.95. The van der Waals surface area contributed by atoms with Crippen molar-refractivity contribution in [1.82, 2.24) is 9.88 Å². The summed E-state index contributed by atoms with van der Waals surface area (Å²) in [5.41, 5.74) is 4.57. The zero-order valence-corrected chi connectivity index (χ0v) is 13.9. The number of benzene rings is 2. The van der Waals surface area contributed by atoms with Gasteiger partial charge in [-0.2, -0.15) is 0 Å². The minimum atomic E-state index is 0.649. The van der Waals surface area contributed by atoms with E-state index in [4.69, 9.17) is 6.57 Å². The van der Waals surface area contributed by atoms with E-state index in [1.54, 1.807) is 0 Å². The number of hydrogen-bond acceptors (Lipinski definition) is 1. The average molecular weight is 315 g/mol. The van der Waals surface area contributed by atoms with Gasteiger partial charge in [0.05, 0.1) is 6.57 Å². The Morgan fingerprint density at radius 2 is 2.04 bits per heavy atom. The van der Waals surface area contributed by atoms with Crippen molar-refractivity contribution < 1.29 is 0 Å². The van der Waals surface area contributed by atoms with E-state index in [1.165, 1.54) is 22.9 Å². The number of fused-ring (bicyclic) bond motifs is 1. The fourth-order valence-electron chi connectivity index (χ4n) is 3.70. The van der Waals surface area contributed by atoms with E-state index in [9.17, 15) is 0 Å². The van der Waals surface area contributed by atoms with Gasteiger partial charge in [0, 0.05) is 30.2 Å². The van der Waals surface area contributed by atoms with Gasteiger partial charge in [-0.25, -0.2) is 4.85 Å². The second-order valence-electron chi connectivity index (χ2n) is 6.87. The highest BCUT2D eigenvalue weighted by Crippen LogP contribution is 2.50. The molecule has 0 aliphatic heterocycles. The first-order valence-corrected chi connectivity index (χ1v) is 8.45. The van der Waals surface area contributed by atoms with Crippen LogP contribution in [0.2, 0.25) is 0 Å². The molecule has 2 atom stereocenters. The molecular weight excluding hydrogens is 294 g/mol. The van der Waals surface area contributed by atoms with Crippen LogP contribution in [0.1, 0.15) is 23.5 Å². The monoisotopic (exact) mass is 315 g/mol. The lowest BCUT2D eigenvalue weighted by atomic mass is 10.1. The topological polar surface area (TPSA) is 23.4 Å². The largest absolute Gasteiger partial charge is 0.362 e. The number of H-pyrrole nitrogens is 1. The number of aromatic nitrogens is 1. The van der Waals surface area contributed by atoms with Gasteiger partial charge in [-0.05, 0) is 42.5 Å². The highest BCUT2D eigenvalue weighted by Gasteiger charge is 2.40. The Kier molecular flexibility index (Phi) is 3.84. The molecule has 1 aromatic heterocycles. The fourth-order valence-corrected chi connectivity index (χ4v) is 3.70. The van der Waals surface area contributed by atoms with Crippen LogP contribution in [-0.2, 0) is 6.54 Å². The Labute approximate surface area is 142 Å². The molecule has 4 rings (SSSR count). The van der Waals surface area contributed by atoms with Gasteiger partial charge in [-0.3, -0.25) is 0 Å². The number of rotatable bonds is 5. The van der Waals surface area contributed by atoms with Gasteiger partial charge in [0.2, 0.25) is 0 Å². The Hall–Kier alpha value is -2.57. The molecule has 0 saturated heterocycles. The van der Waals surface area contributed by atoms with Crippen LogP contribution in [0.4, 0.5) is 5.69 Å². The molecular formula is C21H21N3. The van der Waals surface area contributed by atoms with Gasteiger partial charge in [0.1, 0.15) is 0 Å². The summed E-state index contributed by atoms with van der Waals surface area (Å²) < 4.78 is 0. The highest BCUT2D eigenvalue weighted by atomic mass is 15.1. The van der Waals surface area contributed by atoms with Crippen LogP contribution >= 0.6 is 0 Å². The summed E-state index contributed by atoms with van der Waals surface area (Å²) in [6.45, 7) is 9.27. The Bertz CT molecular complexity index is 888. The first-order chi connectivity index (χ1) is 11.7. The maximum atomic E-state index is 7.13. The van der Waals surface area contributed by atoms with E-state index in [0.29, 0.717) is 11.6 Å². The average Bonchev–Trinajstić information content (AvgIpc) is 3.22. The van der Waals surface area contributed by atoms with Crippen LogP contribution in [0.15, 0.2) is 54.7 Å². The Morgan fingerprint density at radius 3 is 2.83 bits per heavy atom. The van der Waals surface area contributed by atoms with Gasteiger partial charge in [0.15, 0.2) is 5.69 Å². The molecule has 0 unspecified atom stereocenters. The molecule has 24 heavy (non-hydrogen) atoms. The van der Waals surface area contributed by atoms with Gasteiger partial charge in [0.25, 0.3) is 0 Å². The third-order valence-corrected chi connectivity index (χ3v) is 4.99. The van der Waals surface area contributed by atoms with E-state index in [0.717, 1.165) is 24.5 Å². The summed E-state index contributed by atoms with van der Waals surface area (Å²) in [4.78, 5) is 9.27. The van der Waals surface area contributed by atoms with Crippen LogP contribution in [0.5, 0.6) is 0 Å². The molecule has 1 aliphatic rings. The molecule has 120 valence electrons. The van der Waals surface area contributed by atoms with Crippen molar-refractivity contribution in [1.29, 1.82) is 0 Å². The van der Waals surface area contributed by atoms with Crippen molar-refractivity contribution in [2.24, 2.45) is 5.92 Å². The lowest BCUT2D eigenvalue weighted by Crippen LogP contribution is -2.20. The summed E-state index contributed by atoms with van der Waals surface area (Å²) in [5.74, 6) is 1.38. The lowest BCUT2D eigenvalue weighted by molar-refractivity contribution is 0.311. The van der Waals surface area contributed by atoms with Crippen LogP contribution in [0, 0.1) is 12.5 Å². The fraction of sp³-hybridized carbons (Fsp3) is 0.286. The minimum absolute atomic E-state index is 0.649. The van der Waals surface area contributed by atoms with Crippen LogP contribution in [0.25, 0.3) is 15.7 Å². The van der Waals surface area contributed by atoms with E-state index in [-0.39, 0.29) is 0 Å².